The molecule has 244 valence electrons. The van der Waals surface area contributed by atoms with Gasteiger partial charge in [-0.2, -0.15) is 4.98 Å². The number of ether oxygens (including phenoxy) is 1. The Kier molecular flexibility index (Phi) is 7.84. The third-order valence-corrected chi connectivity index (χ3v) is 13.0. The van der Waals surface area contributed by atoms with Crippen molar-refractivity contribution in [2.45, 2.75) is 76.2 Å². The van der Waals surface area contributed by atoms with Crippen LogP contribution in [0.2, 0.25) is 0 Å². The van der Waals surface area contributed by atoms with Gasteiger partial charge in [-0.05, 0) is 86.4 Å². The van der Waals surface area contributed by atoms with E-state index in [1.54, 1.807) is 18.3 Å². The Bertz CT molecular complexity index is 2080. The van der Waals surface area contributed by atoms with Crippen LogP contribution >= 0.6 is 11.3 Å². The number of hydrogen-bond acceptors (Lipinski definition) is 11. The molecule has 0 bridgehead atoms. The van der Waals surface area contributed by atoms with Crippen LogP contribution in [0.15, 0.2) is 46.1 Å². The fourth-order valence-electron chi connectivity index (χ4n) is 7.45. The van der Waals surface area contributed by atoms with Crippen molar-refractivity contribution in [3.8, 4) is 21.9 Å². The summed E-state index contributed by atoms with van der Waals surface area (Å²) in [5, 5.41) is 8.80. The summed E-state index contributed by atoms with van der Waals surface area (Å²) in [6, 6.07) is 8.28. The zero-order valence-corrected chi connectivity index (χ0v) is 28.5. The maximum absolute atomic E-state index is 14.1. The average Bonchev–Trinajstić information content (AvgIpc) is 3.85. The molecule has 1 aliphatic carbocycles. The summed E-state index contributed by atoms with van der Waals surface area (Å²) in [4.78, 5) is 20.3. The molecule has 0 saturated carbocycles. The summed E-state index contributed by atoms with van der Waals surface area (Å²) >= 11 is 1.55. The van der Waals surface area contributed by atoms with Gasteiger partial charge in [0, 0.05) is 47.7 Å². The summed E-state index contributed by atoms with van der Waals surface area (Å²) in [5.74, 6) is 2.05. The van der Waals surface area contributed by atoms with Crippen molar-refractivity contribution in [3.05, 3.63) is 65.1 Å². The van der Waals surface area contributed by atoms with Crippen molar-refractivity contribution >= 4 is 37.1 Å². The predicted octanol–water partition coefficient (Wildman–Crippen LogP) is 7.10. The molecule has 47 heavy (non-hydrogen) atoms. The molecule has 7 heterocycles. The predicted molar refractivity (Wildman–Crippen MR) is 181 cm³/mol. The van der Waals surface area contributed by atoms with E-state index in [-0.39, 0.29) is 23.6 Å². The first kappa shape index (κ1) is 30.6. The standard InChI is InChI=1S/C35H38N6O4S2/c1-19(2)24-18-47(42,43)33-30(29(35-38-20(3)41-45-35)27(39-31(24)33)7-6-21-11-15-44-16-12-21)28-17-22-10-14-37-34(32(22)46-28)40-26-9-8-25-23(26)5-4-13-36-25/h4-5,10,13-14,17,19,21,24,26H,6-9,11-12,15-16,18H2,1-3H3,(H,37,40). The largest absolute Gasteiger partial charge is 0.381 e. The van der Waals surface area contributed by atoms with Gasteiger partial charge in [0.1, 0.15) is 5.82 Å². The maximum atomic E-state index is 14.1. The van der Waals surface area contributed by atoms with E-state index >= 15 is 0 Å². The molecule has 5 aromatic heterocycles. The number of fused-ring (bicyclic) bond motifs is 3. The van der Waals surface area contributed by atoms with Gasteiger partial charge >= 0.3 is 0 Å². The fraction of sp³-hybridized carbons (Fsp3) is 0.457. The van der Waals surface area contributed by atoms with Crippen LogP contribution in [0, 0.1) is 18.8 Å². The maximum Gasteiger partial charge on any atom is 0.260 e. The Balaban J connectivity index is 1.31. The minimum absolute atomic E-state index is 0.0418. The van der Waals surface area contributed by atoms with Gasteiger partial charge in [-0.3, -0.25) is 9.97 Å². The molecular formula is C35H38N6O4S2. The molecule has 5 aromatic rings. The van der Waals surface area contributed by atoms with E-state index in [1.807, 2.05) is 24.5 Å². The van der Waals surface area contributed by atoms with Crippen LogP contribution < -0.4 is 5.32 Å². The average molecular weight is 671 g/mol. The molecule has 0 radical (unpaired) electrons. The van der Waals surface area contributed by atoms with Crippen LogP contribution in [-0.4, -0.2) is 52.5 Å². The van der Waals surface area contributed by atoms with Crippen LogP contribution in [0.1, 0.15) is 80.0 Å². The molecule has 0 amide bonds. The van der Waals surface area contributed by atoms with Gasteiger partial charge in [0.15, 0.2) is 15.7 Å². The number of nitrogens with one attached hydrogen (secondary N) is 1. The third-order valence-electron chi connectivity index (χ3n) is 9.95. The molecule has 1 fully saturated rings. The number of rotatable bonds is 8. The lowest BCUT2D eigenvalue weighted by atomic mass is 9.89. The van der Waals surface area contributed by atoms with Crippen LogP contribution in [-0.2, 0) is 27.4 Å². The Hall–Kier alpha value is -3.74. The highest BCUT2D eigenvalue weighted by Gasteiger charge is 2.43. The molecule has 1 N–H and O–H groups in total. The van der Waals surface area contributed by atoms with E-state index in [2.05, 4.69) is 46.4 Å². The first-order chi connectivity index (χ1) is 22.8. The smallest absolute Gasteiger partial charge is 0.260 e. The number of thiophene rings is 1. The lowest BCUT2D eigenvalue weighted by Gasteiger charge is -2.23. The van der Waals surface area contributed by atoms with Crippen molar-refractivity contribution in [3.63, 3.8) is 0 Å². The second-order valence-electron chi connectivity index (χ2n) is 13.4. The van der Waals surface area contributed by atoms with E-state index in [4.69, 9.17) is 19.2 Å². The van der Waals surface area contributed by atoms with Crippen molar-refractivity contribution in [2.24, 2.45) is 11.8 Å². The van der Waals surface area contributed by atoms with Gasteiger partial charge in [-0.25, -0.2) is 13.4 Å². The highest BCUT2D eigenvalue weighted by molar-refractivity contribution is 7.92. The van der Waals surface area contributed by atoms with E-state index < -0.39 is 9.84 Å². The SMILES string of the molecule is Cc1noc(-c2c(CCC3CCOCC3)nc3c(c2-c2cc4ccnc(NC5CCc6ncccc65)c4s2)S(=O)(=O)CC3C(C)C)n1. The first-order valence-electron chi connectivity index (χ1n) is 16.5. The molecule has 10 nitrogen and oxygen atoms in total. The summed E-state index contributed by atoms with van der Waals surface area (Å²) in [6.07, 6.45) is 9.14. The number of anilines is 1. The quantitative estimate of drug-likeness (QED) is 0.182. The van der Waals surface area contributed by atoms with E-state index in [0.29, 0.717) is 45.8 Å². The molecule has 0 aromatic carbocycles. The van der Waals surface area contributed by atoms with Crippen LogP contribution in [0.25, 0.3) is 32.0 Å². The molecule has 2 atom stereocenters. The lowest BCUT2D eigenvalue weighted by molar-refractivity contribution is 0.0639. The van der Waals surface area contributed by atoms with Crippen LogP contribution in [0.3, 0.4) is 0 Å². The Morgan fingerprint density at radius 1 is 1.06 bits per heavy atom. The van der Waals surface area contributed by atoms with Gasteiger partial charge < -0.3 is 14.6 Å². The Morgan fingerprint density at radius 3 is 2.70 bits per heavy atom. The van der Waals surface area contributed by atoms with Crippen molar-refractivity contribution in [2.75, 3.05) is 24.3 Å². The van der Waals surface area contributed by atoms with E-state index in [0.717, 1.165) is 77.5 Å². The highest BCUT2D eigenvalue weighted by atomic mass is 32.2. The fourth-order valence-corrected chi connectivity index (χ4v) is 10.9. The van der Waals surface area contributed by atoms with Gasteiger partial charge in [0.05, 0.1) is 38.3 Å². The van der Waals surface area contributed by atoms with Gasteiger partial charge in [0.25, 0.3) is 5.89 Å². The minimum atomic E-state index is -3.65. The Morgan fingerprint density at radius 2 is 1.91 bits per heavy atom. The molecule has 0 spiro atoms. The summed E-state index contributed by atoms with van der Waals surface area (Å²) < 4.78 is 40.7. The van der Waals surface area contributed by atoms with Crippen molar-refractivity contribution in [1.82, 2.24) is 25.1 Å². The van der Waals surface area contributed by atoms with Crippen molar-refractivity contribution < 1.29 is 17.7 Å². The van der Waals surface area contributed by atoms with Crippen molar-refractivity contribution in [1.29, 1.82) is 0 Å². The second-order valence-corrected chi connectivity index (χ2v) is 16.4. The number of aromatic nitrogens is 5. The van der Waals surface area contributed by atoms with Gasteiger partial charge in [-0.15, -0.1) is 11.3 Å². The minimum Gasteiger partial charge on any atom is -0.381 e. The van der Waals surface area contributed by atoms with Crippen LogP contribution in [0.4, 0.5) is 5.82 Å². The summed E-state index contributed by atoms with van der Waals surface area (Å²) in [6.45, 7) is 7.47. The number of sulfone groups is 1. The number of pyridine rings is 3. The number of nitrogens with zero attached hydrogens (tertiary/aromatic N) is 5. The molecule has 3 aliphatic rings. The second kappa shape index (κ2) is 12.1. The highest BCUT2D eigenvalue weighted by Crippen LogP contribution is 2.51. The van der Waals surface area contributed by atoms with E-state index in [1.165, 1.54) is 5.56 Å². The normalized spacial score (nSPS) is 20.6. The zero-order valence-electron chi connectivity index (χ0n) is 26.8. The molecule has 2 aliphatic heterocycles. The third kappa shape index (κ3) is 5.53. The van der Waals surface area contributed by atoms with Gasteiger partial charge in [0.2, 0.25) is 0 Å². The molecule has 1 saturated heterocycles. The number of aryl methyl sites for hydroxylation is 3. The first-order valence-corrected chi connectivity index (χ1v) is 19.0. The molecule has 8 rings (SSSR count). The monoisotopic (exact) mass is 670 g/mol. The summed E-state index contributed by atoms with van der Waals surface area (Å²) in [7, 11) is -3.65. The number of hydrogen-bond donors (Lipinski definition) is 1. The molecule has 2 unspecified atom stereocenters. The van der Waals surface area contributed by atoms with Crippen LogP contribution in [0.5, 0.6) is 0 Å². The Labute approximate surface area is 278 Å². The zero-order chi connectivity index (χ0) is 32.3. The van der Waals surface area contributed by atoms with E-state index in [9.17, 15) is 8.42 Å². The summed E-state index contributed by atoms with van der Waals surface area (Å²) in [5.41, 5.74) is 5.07. The molecular weight excluding hydrogens is 633 g/mol. The topological polar surface area (TPSA) is 133 Å². The lowest BCUT2D eigenvalue weighted by Crippen LogP contribution is -2.17. The molecule has 12 heteroatoms. The van der Waals surface area contributed by atoms with Gasteiger partial charge in [-0.1, -0.05) is 25.1 Å².